The van der Waals surface area contributed by atoms with Gasteiger partial charge in [0.05, 0.1) is 5.69 Å². The summed E-state index contributed by atoms with van der Waals surface area (Å²) in [4.78, 5) is 42.2. The van der Waals surface area contributed by atoms with E-state index in [1.807, 2.05) is 43.3 Å². The summed E-state index contributed by atoms with van der Waals surface area (Å²) in [7, 11) is 0. The summed E-state index contributed by atoms with van der Waals surface area (Å²) in [5.41, 5.74) is 1.89. The van der Waals surface area contributed by atoms with Crippen molar-refractivity contribution >= 4 is 34.2 Å². The normalized spacial score (nSPS) is 13.2. The van der Waals surface area contributed by atoms with Gasteiger partial charge in [0.2, 0.25) is 11.8 Å². The van der Waals surface area contributed by atoms with E-state index in [1.54, 1.807) is 30.0 Å². The van der Waals surface area contributed by atoms with Crippen LogP contribution in [0, 0.1) is 5.82 Å². The fourth-order valence-corrected chi connectivity index (χ4v) is 4.66. The summed E-state index contributed by atoms with van der Waals surface area (Å²) in [5.74, 6) is -0.993. The number of nitrogens with one attached hydrogen (secondary N) is 1. The molecule has 3 amide bonds. The first kappa shape index (κ1) is 25.4. The fourth-order valence-electron chi connectivity index (χ4n) is 4.66. The molecule has 0 saturated carbocycles. The summed E-state index contributed by atoms with van der Waals surface area (Å²) < 4.78 is 14.4. The summed E-state index contributed by atoms with van der Waals surface area (Å²) in [6.07, 6.45) is 2.35. The number of hydrogen-bond acceptors (Lipinski definition) is 3. The van der Waals surface area contributed by atoms with Gasteiger partial charge >= 0.3 is 0 Å². The Morgan fingerprint density at radius 3 is 2.53 bits per heavy atom. The Labute approximate surface area is 211 Å². The molecule has 0 saturated heterocycles. The van der Waals surface area contributed by atoms with E-state index < -0.39 is 11.9 Å². The summed E-state index contributed by atoms with van der Waals surface area (Å²) in [6, 6.07) is 17.0. The number of halogens is 1. The highest BCUT2D eigenvalue weighted by molar-refractivity contribution is 6.25. The zero-order valence-electron chi connectivity index (χ0n) is 20.8. The Balaban J connectivity index is 1.45. The zero-order chi connectivity index (χ0) is 25.7. The standard InChI is InChI=1S/C29H32FN3O3/c1-3-4-17-31-28(35)20(2)33(19-22-10-5-6-14-24(22)30)26(34)16-9-18-32-25-15-8-12-21-11-7-13-23(27(21)25)29(32)36/h5-8,10-15,20H,3-4,9,16-19H2,1-2H3,(H,31,35). The van der Waals surface area contributed by atoms with Gasteiger partial charge in [0.25, 0.3) is 5.91 Å². The maximum absolute atomic E-state index is 14.4. The van der Waals surface area contributed by atoms with Gasteiger partial charge in [-0.1, -0.05) is 55.8 Å². The minimum Gasteiger partial charge on any atom is -0.354 e. The molecule has 3 aromatic rings. The van der Waals surface area contributed by atoms with Crippen LogP contribution in [0.5, 0.6) is 0 Å². The first-order chi connectivity index (χ1) is 17.4. The van der Waals surface area contributed by atoms with Crippen molar-refractivity contribution in [1.29, 1.82) is 0 Å². The topological polar surface area (TPSA) is 69.7 Å². The Bertz CT molecular complexity index is 1270. The van der Waals surface area contributed by atoms with E-state index in [0.29, 0.717) is 30.6 Å². The van der Waals surface area contributed by atoms with Crippen LogP contribution < -0.4 is 10.2 Å². The molecule has 3 aromatic carbocycles. The molecule has 1 aliphatic heterocycles. The number of nitrogens with zero attached hydrogens (tertiary/aromatic N) is 2. The van der Waals surface area contributed by atoms with E-state index >= 15 is 0 Å². The molecule has 1 aliphatic rings. The molecular formula is C29H32FN3O3. The predicted molar refractivity (Wildman–Crippen MR) is 139 cm³/mol. The van der Waals surface area contributed by atoms with Gasteiger partial charge in [-0.3, -0.25) is 14.4 Å². The number of benzene rings is 3. The second-order valence-corrected chi connectivity index (χ2v) is 9.17. The molecule has 1 atom stereocenters. The third-order valence-corrected chi connectivity index (χ3v) is 6.72. The second kappa shape index (κ2) is 11.3. The first-order valence-corrected chi connectivity index (χ1v) is 12.6. The summed E-state index contributed by atoms with van der Waals surface area (Å²) in [6.45, 7) is 4.61. The molecule has 0 spiro atoms. The Hall–Kier alpha value is -3.74. The van der Waals surface area contributed by atoms with Crippen LogP contribution in [-0.2, 0) is 16.1 Å². The minimum atomic E-state index is -0.750. The molecule has 0 aromatic heterocycles. The monoisotopic (exact) mass is 489 g/mol. The van der Waals surface area contributed by atoms with Gasteiger partial charge in [-0.2, -0.15) is 0 Å². The molecule has 0 fully saturated rings. The average Bonchev–Trinajstić information content (AvgIpc) is 3.16. The number of hydrogen-bond donors (Lipinski definition) is 1. The van der Waals surface area contributed by atoms with Crippen molar-refractivity contribution in [2.45, 2.75) is 52.1 Å². The van der Waals surface area contributed by atoms with Gasteiger partial charge in [-0.15, -0.1) is 0 Å². The van der Waals surface area contributed by atoms with Gasteiger partial charge in [-0.05, 0) is 43.4 Å². The molecule has 36 heavy (non-hydrogen) atoms. The molecule has 188 valence electrons. The van der Waals surface area contributed by atoms with Crippen LogP contribution in [0.15, 0.2) is 60.7 Å². The van der Waals surface area contributed by atoms with Crippen LogP contribution in [0.4, 0.5) is 10.1 Å². The average molecular weight is 490 g/mol. The van der Waals surface area contributed by atoms with E-state index in [0.717, 1.165) is 29.3 Å². The number of carbonyl (C=O) groups is 3. The quantitative estimate of drug-likeness (QED) is 0.383. The number of unbranched alkanes of at least 4 members (excludes halogenated alkanes) is 1. The third kappa shape index (κ3) is 5.25. The molecule has 0 radical (unpaired) electrons. The van der Waals surface area contributed by atoms with E-state index in [-0.39, 0.29) is 30.7 Å². The molecule has 4 rings (SSSR count). The van der Waals surface area contributed by atoms with E-state index in [4.69, 9.17) is 0 Å². The lowest BCUT2D eigenvalue weighted by Crippen LogP contribution is -2.48. The van der Waals surface area contributed by atoms with Gasteiger partial charge in [0, 0.05) is 42.6 Å². The number of rotatable bonds is 11. The van der Waals surface area contributed by atoms with Crippen LogP contribution in [0.1, 0.15) is 55.5 Å². The van der Waals surface area contributed by atoms with Crippen LogP contribution in [0.3, 0.4) is 0 Å². The lowest BCUT2D eigenvalue weighted by atomic mass is 10.1. The number of carbonyl (C=O) groups excluding carboxylic acids is 3. The molecule has 0 bridgehead atoms. The largest absolute Gasteiger partial charge is 0.354 e. The minimum absolute atomic E-state index is 0.00125. The van der Waals surface area contributed by atoms with Crippen LogP contribution in [0.25, 0.3) is 10.8 Å². The molecular weight excluding hydrogens is 457 g/mol. The molecule has 1 unspecified atom stereocenters. The van der Waals surface area contributed by atoms with Crippen molar-refractivity contribution in [1.82, 2.24) is 10.2 Å². The molecule has 6 nitrogen and oxygen atoms in total. The summed E-state index contributed by atoms with van der Waals surface area (Å²) >= 11 is 0. The van der Waals surface area contributed by atoms with Crippen molar-refractivity contribution in [2.24, 2.45) is 0 Å². The zero-order valence-corrected chi connectivity index (χ0v) is 20.8. The van der Waals surface area contributed by atoms with E-state index in [1.165, 1.54) is 11.0 Å². The Morgan fingerprint density at radius 1 is 1.03 bits per heavy atom. The highest BCUT2D eigenvalue weighted by Crippen LogP contribution is 2.37. The first-order valence-electron chi connectivity index (χ1n) is 12.6. The maximum Gasteiger partial charge on any atom is 0.258 e. The van der Waals surface area contributed by atoms with Crippen molar-refractivity contribution in [3.8, 4) is 0 Å². The summed E-state index contributed by atoms with van der Waals surface area (Å²) in [5, 5.41) is 4.82. The Kier molecular flexibility index (Phi) is 7.98. The van der Waals surface area contributed by atoms with Crippen molar-refractivity contribution in [3.63, 3.8) is 0 Å². The van der Waals surface area contributed by atoms with Gasteiger partial charge in [0.15, 0.2) is 0 Å². The molecule has 1 heterocycles. The van der Waals surface area contributed by atoms with Crippen molar-refractivity contribution in [3.05, 3.63) is 77.6 Å². The van der Waals surface area contributed by atoms with Crippen LogP contribution in [0.2, 0.25) is 0 Å². The second-order valence-electron chi connectivity index (χ2n) is 9.17. The van der Waals surface area contributed by atoms with Gasteiger partial charge in [-0.25, -0.2) is 4.39 Å². The maximum atomic E-state index is 14.4. The highest BCUT2D eigenvalue weighted by atomic mass is 19.1. The van der Waals surface area contributed by atoms with Crippen LogP contribution in [-0.4, -0.2) is 41.8 Å². The van der Waals surface area contributed by atoms with Crippen LogP contribution >= 0.6 is 0 Å². The molecule has 7 heteroatoms. The lowest BCUT2D eigenvalue weighted by Gasteiger charge is -2.29. The third-order valence-electron chi connectivity index (χ3n) is 6.72. The predicted octanol–water partition coefficient (Wildman–Crippen LogP) is 5.05. The van der Waals surface area contributed by atoms with Gasteiger partial charge in [0.1, 0.15) is 11.9 Å². The van der Waals surface area contributed by atoms with Crippen molar-refractivity contribution < 1.29 is 18.8 Å². The number of anilines is 1. The highest BCUT2D eigenvalue weighted by Gasteiger charge is 2.30. The SMILES string of the molecule is CCCCNC(=O)C(C)N(Cc1ccccc1F)C(=O)CCCN1C(=O)c2cccc3cccc1c23. The Morgan fingerprint density at radius 2 is 1.78 bits per heavy atom. The van der Waals surface area contributed by atoms with E-state index in [9.17, 15) is 18.8 Å². The molecule has 1 N–H and O–H groups in total. The van der Waals surface area contributed by atoms with E-state index in [2.05, 4.69) is 5.32 Å². The lowest BCUT2D eigenvalue weighted by molar-refractivity contribution is -0.140. The number of amides is 3. The van der Waals surface area contributed by atoms with Gasteiger partial charge < -0.3 is 15.1 Å². The molecule has 0 aliphatic carbocycles. The van der Waals surface area contributed by atoms with Crippen molar-refractivity contribution in [2.75, 3.05) is 18.0 Å². The smallest absolute Gasteiger partial charge is 0.258 e. The fraction of sp³-hybridized carbons (Fsp3) is 0.345.